The zero-order valence-corrected chi connectivity index (χ0v) is 13.0. The summed E-state index contributed by atoms with van der Waals surface area (Å²) in [6.07, 6.45) is 2.20. The molecule has 0 heterocycles. The van der Waals surface area contributed by atoms with Crippen LogP contribution in [0.25, 0.3) is 17.2 Å². The largest absolute Gasteiger partial charge is 0.450 e. The number of rotatable bonds is 3. The molecule has 2 aromatic rings. The molecule has 0 saturated heterocycles. The summed E-state index contributed by atoms with van der Waals surface area (Å²) in [4.78, 5) is 35.8. The summed E-state index contributed by atoms with van der Waals surface area (Å²) in [6.45, 7) is 1.90. The van der Waals surface area contributed by atoms with Crippen molar-refractivity contribution in [1.82, 2.24) is 0 Å². The highest BCUT2D eigenvalue weighted by Crippen LogP contribution is 2.34. The highest BCUT2D eigenvalue weighted by atomic mass is 16.5. The summed E-state index contributed by atoms with van der Waals surface area (Å²) in [5.74, 6) is -1.25. The molecule has 24 heavy (non-hydrogen) atoms. The summed E-state index contributed by atoms with van der Waals surface area (Å²) in [5.41, 5.74) is 2.81. The third kappa shape index (κ3) is 2.84. The molecule has 0 saturated carbocycles. The lowest BCUT2D eigenvalue weighted by Gasteiger charge is -2.18. The van der Waals surface area contributed by atoms with E-state index < -0.39 is 17.7 Å². The van der Waals surface area contributed by atoms with Crippen molar-refractivity contribution in [1.29, 1.82) is 0 Å². The Bertz CT molecular complexity index is 853. The minimum atomic E-state index is -0.665. The maximum absolute atomic E-state index is 12.4. The number of ketones is 2. The highest BCUT2D eigenvalue weighted by Gasteiger charge is 2.27. The second-order valence-electron chi connectivity index (χ2n) is 5.19. The molecule has 0 aromatic heterocycles. The van der Waals surface area contributed by atoms with Gasteiger partial charge < -0.3 is 4.74 Å². The van der Waals surface area contributed by atoms with E-state index in [1.807, 2.05) is 36.4 Å². The van der Waals surface area contributed by atoms with Crippen molar-refractivity contribution in [2.24, 2.45) is 0 Å². The van der Waals surface area contributed by atoms with Gasteiger partial charge in [0.1, 0.15) is 0 Å². The van der Waals surface area contributed by atoms with Crippen LogP contribution in [0.5, 0.6) is 0 Å². The lowest BCUT2D eigenvalue weighted by Crippen LogP contribution is -2.22. The lowest BCUT2D eigenvalue weighted by atomic mass is 9.87. The van der Waals surface area contributed by atoms with Gasteiger partial charge in [0.2, 0.25) is 11.6 Å². The average Bonchev–Trinajstić information content (AvgIpc) is 2.59. The topological polar surface area (TPSA) is 72.5 Å². The van der Waals surface area contributed by atoms with Crippen molar-refractivity contribution < 1.29 is 19.1 Å². The predicted octanol–water partition coefficient (Wildman–Crippen LogP) is 3.70. The predicted molar refractivity (Wildman–Crippen MR) is 90.9 cm³/mol. The first-order valence-corrected chi connectivity index (χ1v) is 7.54. The monoisotopic (exact) mass is 321 g/mol. The van der Waals surface area contributed by atoms with Crippen molar-refractivity contribution in [3.63, 3.8) is 0 Å². The first kappa shape index (κ1) is 15.7. The van der Waals surface area contributed by atoms with Crippen LogP contribution in [-0.2, 0) is 9.53 Å². The summed E-state index contributed by atoms with van der Waals surface area (Å²) >= 11 is 0. The van der Waals surface area contributed by atoms with Crippen LogP contribution in [0.4, 0.5) is 10.5 Å². The van der Waals surface area contributed by atoms with E-state index in [4.69, 9.17) is 4.74 Å². The van der Waals surface area contributed by atoms with E-state index in [1.165, 1.54) is 6.08 Å². The molecular weight excluding hydrogens is 306 g/mol. The molecule has 120 valence electrons. The SMILES string of the molecule is CCOC(=O)Nc1ccc(-c2ccccc2)c2c1C(=O)C(=O)C=C2. The quantitative estimate of drug-likeness (QED) is 0.875. The van der Waals surface area contributed by atoms with Crippen LogP contribution in [0.15, 0.2) is 48.5 Å². The van der Waals surface area contributed by atoms with Crippen LogP contribution < -0.4 is 5.32 Å². The molecule has 1 aliphatic carbocycles. The van der Waals surface area contributed by atoms with Gasteiger partial charge in [-0.15, -0.1) is 0 Å². The second-order valence-corrected chi connectivity index (χ2v) is 5.19. The number of nitrogens with one attached hydrogen (secondary N) is 1. The van der Waals surface area contributed by atoms with Gasteiger partial charge in [-0.05, 0) is 41.8 Å². The molecule has 1 aliphatic rings. The van der Waals surface area contributed by atoms with Gasteiger partial charge in [0.25, 0.3) is 0 Å². The van der Waals surface area contributed by atoms with E-state index >= 15 is 0 Å². The number of fused-ring (bicyclic) bond motifs is 1. The van der Waals surface area contributed by atoms with Crippen molar-refractivity contribution in [3.8, 4) is 11.1 Å². The van der Waals surface area contributed by atoms with E-state index in [1.54, 1.807) is 19.1 Å². The number of benzene rings is 2. The summed E-state index contributed by atoms with van der Waals surface area (Å²) in [5, 5.41) is 2.53. The van der Waals surface area contributed by atoms with Gasteiger partial charge in [-0.2, -0.15) is 0 Å². The normalized spacial score (nSPS) is 12.7. The van der Waals surface area contributed by atoms with E-state index in [0.29, 0.717) is 5.56 Å². The molecule has 2 aromatic carbocycles. The summed E-state index contributed by atoms with van der Waals surface area (Å²) < 4.78 is 4.85. The van der Waals surface area contributed by atoms with Crippen LogP contribution in [0.3, 0.4) is 0 Å². The molecule has 0 bridgehead atoms. The van der Waals surface area contributed by atoms with Gasteiger partial charge in [-0.25, -0.2) is 4.79 Å². The highest BCUT2D eigenvalue weighted by molar-refractivity contribution is 6.51. The molecule has 0 atom stereocenters. The molecule has 5 nitrogen and oxygen atoms in total. The third-order valence-electron chi connectivity index (χ3n) is 3.69. The van der Waals surface area contributed by atoms with E-state index in [9.17, 15) is 14.4 Å². The van der Waals surface area contributed by atoms with Crippen molar-refractivity contribution in [2.75, 3.05) is 11.9 Å². The van der Waals surface area contributed by atoms with Gasteiger partial charge in [-0.3, -0.25) is 14.9 Å². The number of ether oxygens (including phenoxy) is 1. The number of carbonyl (C=O) groups is 3. The Balaban J connectivity index is 2.15. The number of allylic oxidation sites excluding steroid dienone is 1. The van der Waals surface area contributed by atoms with Crippen LogP contribution in [0.2, 0.25) is 0 Å². The molecule has 0 radical (unpaired) electrons. The fourth-order valence-electron chi connectivity index (χ4n) is 2.65. The number of amides is 1. The number of carbonyl (C=O) groups excluding carboxylic acids is 3. The Morgan fingerprint density at radius 1 is 1.04 bits per heavy atom. The van der Waals surface area contributed by atoms with Gasteiger partial charge in [0.15, 0.2) is 0 Å². The Kier molecular flexibility index (Phi) is 4.24. The summed E-state index contributed by atoms with van der Waals surface area (Å²) in [6, 6.07) is 13.0. The van der Waals surface area contributed by atoms with Crippen molar-refractivity contribution in [3.05, 3.63) is 59.7 Å². The molecule has 3 rings (SSSR count). The average molecular weight is 321 g/mol. The fourth-order valence-corrected chi connectivity index (χ4v) is 2.65. The third-order valence-corrected chi connectivity index (χ3v) is 3.69. The minimum Gasteiger partial charge on any atom is -0.450 e. The maximum atomic E-state index is 12.4. The number of hydrogen-bond donors (Lipinski definition) is 1. The zero-order chi connectivity index (χ0) is 17.1. The molecule has 0 fully saturated rings. The first-order chi connectivity index (χ1) is 11.6. The molecule has 1 amide bonds. The fraction of sp³-hybridized carbons (Fsp3) is 0.105. The zero-order valence-electron chi connectivity index (χ0n) is 13.0. The molecule has 0 unspecified atom stereocenters. The Morgan fingerprint density at radius 2 is 1.79 bits per heavy atom. The number of hydrogen-bond acceptors (Lipinski definition) is 4. The van der Waals surface area contributed by atoms with E-state index in [2.05, 4.69) is 5.32 Å². The Labute approximate surface area is 138 Å². The first-order valence-electron chi connectivity index (χ1n) is 7.54. The van der Waals surface area contributed by atoms with Gasteiger partial charge >= 0.3 is 6.09 Å². The van der Waals surface area contributed by atoms with E-state index in [0.717, 1.165) is 11.1 Å². The number of anilines is 1. The smallest absolute Gasteiger partial charge is 0.411 e. The van der Waals surface area contributed by atoms with Crippen LogP contribution in [0.1, 0.15) is 22.8 Å². The lowest BCUT2D eigenvalue weighted by molar-refractivity contribution is -0.110. The standard InChI is InChI=1S/C19H15NO4/c1-2-24-19(23)20-15-10-8-13(12-6-4-3-5-7-12)14-9-11-16(21)18(22)17(14)15/h3-11H,2H2,1H3,(H,20,23). The Morgan fingerprint density at radius 3 is 2.50 bits per heavy atom. The van der Waals surface area contributed by atoms with Crippen molar-refractivity contribution >= 4 is 29.4 Å². The van der Waals surface area contributed by atoms with Gasteiger partial charge in [0, 0.05) is 0 Å². The van der Waals surface area contributed by atoms with Gasteiger partial charge in [-0.1, -0.05) is 36.4 Å². The molecule has 0 spiro atoms. The van der Waals surface area contributed by atoms with Crippen LogP contribution in [0, 0.1) is 0 Å². The second kappa shape index (κ2) is 6.50. The number of Topliss-reactive ketones (excluding diaryl/α,β-unsaturated/α-hetero) is 1. The maximum Gasteiger partial charge on any atom is 0.411 e. The van der Waals surface area contributed by atoms with Crippen molar-refractivity contribution in [2.45, 2.75) is 6.92 Å². The Hall–Kier alpha value is -3.21. The molecule has 5 heteroatoms. The molecule has 0 aliphatic heterocycles. The molecular formula is C19H15NO4. The van der Waals surface area contributed by atoms with E-state index in [-0.39, 0.29) is 17.9 Å². The van der Waals surface area contributed by atoms with Crippen LogP contribution >= 0.6 is 0 Å². The summed E-state index contributed by atoms with van der Waals surface area (Å²) in [7, 11) is 0. The molecule has 1 N–H and O–H groups in total. The van der Waals surface area contributed by atoms with Gasteiger partial charge in [0.05, 0.1) is 17.9 Å². The van der Waals surface area contributed by atoms with Crippen LogP contribution in [-0.4, -0.2) is 24.3 Å². The minimum absolute atomic E-state index is 0.192.